The maximum atomic E-state index is 12.5. The number of carbonyl (C=O) groups is 2. The Morgan fingerprint density at radius 2 is 1.95 bits per heavy atom. The van der Waals surface area contributed by atoms with Crippen LogP contribution in [0.25, 0.3) is 33.8 Å². The number of amides is 1. The maximum Gasteiger partial charge on any atom is 0.337 e. The van der Waals surface area contributed by atoms with Crippen molar-refractivity contribution in [1.29, 1.82) is 0 Å². The molecule has 1 aliphatic carbocycles. The summed E-state index contributed by atoms with van der Waals surface area (Å²) in [5.41, 5.74) is 7.00. The number of halogens is 1. The average Bonchev–Trinajstić information content (AvgIpc) is 3.50. The van der Waals surface area contributed by atoms with Gasteiger partial charge in [-0.1, -0.05) is 70.6 Å². The summed E-state index contributed by atoms with van der Waals surface area (Å²) in [5.74, 6) is 0.139. The zero-order chi connectivity index (χ0) is 26.2. The minimum absolute atomic E-state index is 0.0522. The molecular weight excluding hydrogens is 548 g/mol. The molecule has 0 bridgehead atoms. The minimum Gasteiger partial charge on any atom is -0.465 e. The van der Waals surface area contributed by atoms with Gasteiger partial charge < -0.3 is 13.7 Å². The summed E-state index contributed by atoms with van der Waals surface area (Å²) in [5, 5.41) is 12.2. The topological polar surface area (TPSA) is 99.3 Å². The van der Waals surface area contributed by atoms with Crippen LogP contribution in [0, 0.1) is 0 Å². The molecular formula is C29H27BrN4O4. The molecule has 38 heavy (non-hydrogen) atoms. The van der Waals surface area contributed by atoms with Gasteiger partial charge in [-0.05, 0) is 48.1 Å². The Bertz CT molecular complexity index is 1580. The molecule has 0 spiro atoms. The van der Waals surface area contributed by atoms with Crippen LogP contribution in [0.5, 0.6) is 0 Å². The second-order valence-corrected chi connectivity index (χ2v) is 10.3. The molecule has 1 amide bonds. The lowest BCUT2D eigenvalue weighted by Crippen LogP contribution is -2.12. The van der Waals surface area contributed by atoms with Gasteiger partial charge in [-0.2, -0.15) is 0 Å². The van der Waals surface area contributed by atoms with Gasteiger partial charge in [0.15, 0.2) is 0 Å². The van der Waals surface area contributed by atoms with E-state index in [1.165, 1.54) is 37.6 Å². The molecule has 1 N–H and O–H groups in total. The van der Waals surface area contributed by atoms with Crippen LogP contribution in [0.3, 0.4) is 0 Å². The number of alkyl halides is 1. The smallest absolute Gasteiger partial charge is 0.337 e. The lowest BCUT2D eigenvalue weighted by molar-refractivity contribution is -0.113. The van der Waals surface area contributed by atoms with Crippen LogP contribution in [0.1, 0.15) is 65.4 Å². The third kappa shape index (κ3) is 4.34. The van der Waals surface area contributed by atoms with E-state index >= 15 is 0 Å². The van der Waals surface area contributed by atoms with E-state index < -0.39 is 0 Å². The molecule has 1 aliphatic heterocycles. The Morgan fingerprint density at radius 3 is 2.74 bits per heavy atom. The van der Waals surface area contributed by atoms with Crippen LogP contribution in [-0.2, 0) is 16.1 Å². The average molecular weight is 575 g/mol. The molecule has 3 heterocycles. The van der Waals surface area contributed by atoms with E-state index in [-0.39, 0.29) is 23.2 Å². The Balaban J connectivity index is 1.57. The lowest BCUT2D eigenvalue weighted by atomic mass is 9.81. The fraction of sp³-hybridized carbons (Fsp3) is 0.310. The molecule has 2 aliphatic rings. The van der Waals surface area contributed by atoms with Crippen molar-refractivity contribution in [2.45, 2.75) is 44.6 Å². The third-order valence-electron chi connectivity index (χ3n) is 7.48. The van der Waals surface area contributed by atoms with Gasteiger partial charge in [-0.25, -0.2) is 4.79 Å². The molecule has 6 rings (SSSR count). The zero-order valence-electron chi connectivity index (χ0n) is 21.0. The van der Waals surface area contributed by atoms with Crippen molar-refractivity contribution in [3.05, 3.63) is 65.0 Å². The molecule has 1 saturated carbocycles. The zero-order valence-corrected chi connectivity index (χ0v) is 22.6. The number of hydrogen-bond donors (Lipinski definition) is 1. The van der Waals surface area contributed by atoms with E-state index in [2.05, 4.69) is 66.4 Å². The lowest BCUT2D eigenvalue weighted by Gasteiger charge is -2.24. The highest BCUT2D eigenvalue weighted by Crippen LogP contribution is 2.47. The predicted octanol–water partition coefficient (Wildman–Crippen LogP) is 6.41. The van der Waals surface area contributed by atoms with Crippen molar-refractivity contribution in [3.63, 3.8) is 0 Å². The number of rotatable bonds is 5. The second kappa shape index (κ2) is 10.2. The highest BCUT2D eigenvalue weighted by atomic mass is 79.9. The molecule has 2 aromatic heterocycles. The summed E-state index contributed by atoms with van der Waals surface area (Å²) in [6, 6.07) is 14.2. The van der Waals surface area contributed by atoms with E-state index in [1.54, 1.807) is 0 Å². The van der Waals surface area contributed by atoms with Crippen LogP contribution in [0.15, 0.2) is 46.9 Å². The number of fused-ring (bicyclic) bond motifs is 5. The van der Waals surface area contributed by atoms with E-state index in [0.717, 1.165) is 40.4 Å². The standard InChI is InChI=1S/C29H27BrN4O4/c1-37-28(36)19-11-12-22-23(14-19)34-16-20(27-32-33-29(38-27)31-24(35)15-30)13-18-9-5-6-10-21(18)26(34)25(22)17-7-3-2-4-8-17/h5-6,9-14,17H,2-4,7-8,15-16H2,1H3,(H,31,33,35). The molecule has 2 aromatic carbocycles. The summed E-state index contributed by atoms with van der Waals surface area (Å²) in [6.07, 6.45) is 8.07. The molecule has 0 atom stereocenters. The number of anilines is 1. The molecule has 8 nitrogen and oxygen atoms in total. The van der Waals surface area contributed by atoms with Crippen LogP contribution >= 0.6 is 15.9 Å². The number of ether oxygens (including phenoxy) is 1. The van der Waals surface area contributed by atoms with Gasteiger partial charge in [0.1, 0.15) is 0 Å². The number of esters is 1. The maximum absolute atomic E-state index is 12.5. The summed E-state index contributed by atoms with van der Waals surface area (Å²) >= 11 is 3.13. The predicted molar refractivity (Wildman–Crippen MR) is 149 cm³/mol. The Kier molecular flexibility index (Phi) is 6.61. The van der Waals surface area contributed by atoms with Gasteiger partial charge in [0.2, 0.25) is 11.8 Å². The molecule has 0 saturated heterocycles. The fourth-order valence-electron chi connectivity index (χ4n) is 5.81. The quantitative estimate of drug-likeness (QED) is 0.218. The molecule has 0 unspecified atom stereocenters. The number of benzene rings is 2. The van der Waals surface area contributed by atoms with Crippen LogP contribution in [0.2, 0.25) is 0 Å². The number of aromatic nitrogens is 3. The minimum atomic E-state index is -0.365. The first-order chi connectivity index (χ1) is 18.6. The third-order valence-corrected chi connectivity index (χ3v) is 7.99. The SMILES string of the molecule is COC(=O)c1ccc2c(C3CCCCC3)c3n(c2c1)CC(c1nnc(NC(=O)CBr)o1)=Cc1ccccc1-3. The van der Waals surface area contributed by atoms with Crippen LogP contribution in [-0.4, -0.2) is 39.1 Å². The molecule has 9 heteroatoms. The summed E-state index contributed by atoms with van der Waals surface area (Å²) in [4.78, 5) is 24.3. The highest BCUT2D eigenvalue weighted by molar-refractivity contribution is 9.09. The van der Waals surface area contributed by atoms with Crippen molar-refractivity contribution in [1.82, 2.24) is 14.8 Å². The van der Waals surface area contributed by atoms with Crippen LogP contribution in [0.4, 0.5) is 6.01 Å². The highest BCUT2D eigenvalue weighted by Gasteiger charge is 2.30. The number of allylic oxidation sites excluding steroid dienone is 1. The first-order valence-corrected chi connectivity index (χ1v) is 13.9. The molecule has 1 fully saturated rings. The second-order valence-electron chi connectivity index (χ2n) is 9.76. The van der Waals surface area contributed by atoms with Crippen molar-refractivity contribution >= 4 is 56.4 Å². The Hall–Kier alpha value is -3.72. The van der Waals surface area contributed by atoms with Gasteiger partial charge in [0, 0.05) is 22.0 Å². The van der Waals surface area contributed by atoms with E-state index in [1.807, 2.05) is 18.2 Å². The molecule has 4 aromatic rings. The first kappa shape index (κ1) is 24.6. The number of methoxy groups -OCH3 is 1. The number of nitrogens with one attached hydrogen (secondary N) is 1. The van der Waals surface area contributed by atoms with E-state index in [0.29, 0.717) is 23.9 Å². The fourth-order valence-corrected chi connectivity index (χ4v) is 5.95. The van der Waals surface area contributed by atoms with Crippen molar-refractivity contribution in [2.24, 2.45) is 0 Å². The van der Waals surface area contributed by atoms with Gasteiger partial charge in [-0.3, -0.25) is 10.1 Å². The Morgan fingerprint density at radius 1 is 1.13 bits per heavy atom. The number of carbonyl (C=O) groups excluding carboxylic acids is 2. The van der Waals surface area contributed by atoms with Crippen molar-refractivity contribution in [2.75, 3.05) is 17.8 Å². The summed E-state index contributed by atoms with van der Waals surface area (Å²) in [6.45, 7) is 0.464. The Labute approximate surface area is 228 Å². The summed E-state index contributed by atoms with van der Waals surface area (Å²) in [7, 11) is 1.40. The van der Waals surface area contributed by atoms with E-state index in [9.17, 15) is 9.59 Å². The van der Waals surface area contributed by atoms with Crippen molar-refractivity contribution in [3.8, 4) is 11.3 Å². The molecule has 0 radical (unpaired) electrons. The van der Waals surface area contributed by atoms with Gasteiger partial charge >= 0.3 is 12.0 Å². The van der Waals surface area contributed by atoms with Gasteiger partial charge in [0.05, 0.1) is 30.2 Å². The van der Waals surface area contributed by atoms with Crippen molar-refractivity contribution < 1.29 is 18.7 Å². The normalized spacial score (nSPS) is 15.4. The largest absolute Gasteiger partial charge is 0.465 e. The number of hydrogen-bond acceptors (Lipinski definition) is 6. The van der Waals surface area contributed by atoms with E-state index in [4.69, 9.17) is 9.15 Å². The van der Waals surface area contributed by atoms with Gasteiger partial charge in [0.25, 0.3) is 0 Å². The summed E-state index contributed by atoms with van der Waals surface area (Å²) < 4.78 is 13.2. The molecule has 194 valence electrons. The number of nitrogens with zero attached hydrogens (tertiary/aromatic N) is 3. The van der Waals surface area contributed by atoms with Gasteiger partial charge in [-0.15, -0.1) is 5.10 Å². The van der Waals surface area contributed by atoms with Crippen LogP contribution < -0.4 is 5.32 Å². The monoisotopic (exact) mass is 574 g/mol. The first-order valence-electron chi connectivity index (χ1n) is 12.8.